The lowest BCUT2D eigenvalue weighted by Crippen LogP contribution is -2.51. The molecule has 0 aromatic heterocycles. The van der Waals surface area contributed by atoms with Gasteiger partial charge in [-0.2, -0.15) is 0 Å². The van der Waals surface area contributed by atoms with Crippen LogP contribution in [-0.4, -0.2) is 45.2 Å². The van der Waals surface area contributed by atoms with E-state index in [0.29, 0.717) is 12.5 Å². The molecule has 0 aromatic rings. The van der Waals surface area contributed by atoms with Crippen molar-refractivity contribution < 1.29 is 13.2 Å². The molecule has 1 saturated heterocycles. The summed E-state index contributed by atoms with van der Waals surface area (Å²) in [5, 5.41) is 3.47. The Kier molecular flexibility index (Phi) is 4.10. The average molecular weight is 261 g/mol. The molecule has 0 aromatic carbocycles. The third-order valence-corrected chi connectivity index (χ3v) is 4.91. The van der Waals surface area contributed by atoms with E-state index in [-0.39, 0.29) is 11.4 Å². The highest BCUT2D eigenvalue weighted by Crippen LogP contribution is 2.42. The smallest absolute Gasteiger partial charge is 0.147 e. The second kappa shape index (κ2) is 5.24. The molecule has 1 saturated carbocycles. The van der Waals surface area contributed by atoms with Gasteiger partial charge in [-0.05, 0) is 45.1 Å². The molecule has 2 rings (SSSR count). The molecule has 100 valence electrons. The fourth-order valence-corrected chi connectivity index (χ4v) is 3.43. The Balaban J connectivity index is 1.65. The van der Waals surface area contributed by atoms with Crippen molar-refractivity contribution in [3.05, 3.63) is 0 Å². The lowest BCUT2D eigenvalue weighted by Gasteiger charge is -2.47. The largest absolute Gasteiger partial charge is 0.375 e. The number of sulfone groups is 1. The van der Waals surface area contributed by atoms with Crippen LogP contribution < -0.4 is 5.32 Å². The quantitative estimate of drug-likeness (QED) is 0.753. The van der Waals surface area contributed by atoms with Crippen LogP contribution in [0.15, 0.2) is 0 Å². The fourth-order valence-electron chi connectivity index (χ4n) is 2.76. The molecule has 1 unspecified atom stereocenters. The summed E-state index contributed by atoms with van der Waals surface area (Å²) in [6.07, 6.45) is 7.87. The summed E-state index contributed by atoms with van der Waals surface area (Å²) in [7, 11) is -2.81. The summed E-state index contributed by atoms with van der Waals surface area (Å²) >= 11 is 0. The monoisotopic (exact) mass is 261 g/mol. The summed E-state index contributed by atoms with van der Waals surface area (Å²) in [4.78, 5) is 0. The topological polar surface area (TPSA) is 55.4 Å². The maximum Gasteiger partial charge on any atom is 0.147 e. The van der Waals surface area contributed by atoms with Crippen molar-refractivity contribution in [3.63, 3.8) is 0 Å². The summed E-state index contributed by atoms with van der Waals surface area (Å²) in [5.41, 5.74) is 0.173. The second-order valence-corrected chi connectivity index (χ2v) is 7.77. The molecule has 1 aliphatic heterocycles. The molecular weight excluding hydrogens is 238 g/mol. The SMILES string of the molecule is CS(=O)(=O)CCCNC1CCOC2(CCC2)C1. The average Bonchev–Trinajstić information content (AvgIpc) is 2.21. The zero-order valence-corrected chi connectivity index (χ0v) is 11.4. The molecule has 1 N–H and O–H groups in total. The van der Waals surface area contributed by atoms with Gasteiger partial charge < -0.3 is 10.1 Å². The van der Waals surface area contributed by atoms with Crippen LogP contribution in [0.1, 0.15) is 38.5 Å². The van der Waals surface area contributed by atoms with Gasteiger partial charge in [-0.3, -0.25) is 0 Å². The van der Waals surface area contributed by atoms with Crippen LogP contribution >= 0.6 is 0 Å². The molecular formula is C12H23NO3S. The Bertz CT molecular complexity index is 349. The summed E-state index contributed by atoms with van der Waals surface area (Å²) in [6, 6.07) is 0.517. The van der Waals surface area contributed by atoms with Gasteiger partial charge >= 0.3 is 0 Å². The van der Waals surface area contributed by atoms with Crippen molar-refractivity contribution in [2.45, 2.75) is 50.2 Å². The van der Waals surface area contributed by atoms with Gasteiger partial charge in [0.25, 0.3) is 0 Å². The molecule has 2 aliphatic rings. The zero-order valence-electron chi connectivity index (χ0n) is 10.6. The van der Waals surface area contributed by atoms with E-state index in [1.165, 1.54) is 25.5 Å². The Morgan fingerprint density at radius 1 is 1.41 bits per heavy atom. The lowest BCUT2D eigenvalue weighted by molar-refractivity contribution is -0.135. The van der Waals surface area contributed by atoms with Gasteiger partial charge in [-0.15, -0.1) is 0 Å². The van der Waals surface area contributed by atoms with Gasteiger partial charge in [0, 0.05) is 18.9 Å². The van der Waals surface area contributed by atoms with E-state index in [2.05, 4.69) is 5.32 Å². The van der Waals surface area contributed by atoms with Gasteiger partial charge in [0.1, 0.15) is 9.84 Å². The number of hydrogen-bond acceptors (Lipinski definition) is 4. The minimum Gasteiger partial charge on any atom is -0.375 e. The highest BCUT2D eigenvalue weighted by molar-refractivity contribution is 7.90. The Labute approximate surface area is 104 Å². The highest BCUT2D eigenvalue weighted by Gasteiger charge is 2.42. The van der Waals surface area contributed by atoms with E-state index in [1.54, 1.807) is 0 Å². The Morgan fingerprint density at radius 2 is 2.18 bits per heavy atom. The molecule has 17 heavy (non-hydrogen) atoms. The molecule has 1 spiro atoms. The van der Waals surface area contributed by atoms with E-state index in [1.807, 2.05) is 0 Å². The van der Waals surface area contributed by atoms with Crippen molar-refractivity contribution in [2.75, 3.05) is 25.2 Å². The molecule has 4 nitrogen and oxygen atoms in total. The van der Waals surface area contributed by atoms with Crippen LogP contribution in [0.2, 0.25) is 0 Å². The zero-order chi connectivity index (χ0) is 12.4. The van der Waals surface area contributed by atoms with Crippen molar-refractivity contribution in [1.29, 1.82) is 0 Å². The standard InChI is InChI=1S/C12H23NO3S/c1-17(14,15)9-3-7-13-11-4-8-16-12(10-11)5-2-6-12/h11,13H,2-10H2,1H3. The minimum absolute atomic E-state index is 0.173. The maximum atomic E-state index is 11.0. The van der Waals surface area contributed by atoms with Crippen LogP contribution in [0.5, 0.6) is 0 Å². The normalized spacial score (nSPS) is 27.9. The van der Waals surface area contributed by atoms with Gasteiger partial charge in [0.05, 0.1) is 11.4 Å². The number of rotatable bonds is 5. The first kappa shape index (κ1) is 13.3. The molecule has 5 heteroatoms. The van der Waals surface area contributed by atoms with Crippen LogP contribution in [-0.2, 0) is 14.6 Å². The van der Waals surface area contributed by atoms with Crippen molar-refractivity contribution in [1.82, 2.24) is 5.32 Å². The van der Waals surface area contributed by atoms with Crippen LogP contribution in [0.4, 0.5) is 0 Å². The fraction of sp³-hybridized carbons (Fsp3) is 1.00. The second-order valence-electron chi connectivity index (χ2n) is 5.51. The minimum atomic E-state index is -2.81. The highest BCUT2D eigenvalue weighted by atomic mass is 32.2. The number of hydrogen-bond donors (Lipinski definition) is 1. The maximum absolute atomic E-state index is 11.0. The van der Waals surface area contributed by atoms with Crippen molar-refractivity contribution in [3.8, 4) is 0 Å². The molecule has 2 fully saturated rings. The molecule has 0 radical (unpaired) electrons. The predicted molar refractivity (Wildman–Crippen MR) is 67.9 cm³/mol. The van der Waals surface area contributed by atoms with Gasteiger partial charge in [0.15, 0.2) is 0 Å². The van der Waals surface area contributed by atoms with Crippen LogP contribution in [0.25, 0.3) is 0 Å². The van der Waals surface area contributed by atoms with Crippen molar-refractivity contribution >= 4 is 9.84 Å². The first-order valence-corrected chi connectivity index (χ1v) is 8.60. The van der Waals surface area contributed by atoms with E-state index in [4.69, 9.17) is 4.74 Å². The number of nitrogens with one attached hydrogen (secondary N) is 1. The van der Waals surface area contributed by atoms with E-state index in [9.17, 15) is 8.42 Å². The third-order valence-electron chi connectivity index (χ3n) is 3.88. The van der Waals surface area contributed by atoms with Crippen LogP contribution in [0, 0.1) is 0 Å². The van der Waals surface area contributed by atoms with Gasteiger partial charge in [-0.25, -0.2) is 8.42 Å². The third kappa shape index (κ3) is 3.93. The summed E-state index contributed by atoms with van der Waals surface area (Å²) in [5.74, 6) is 0.286. The molecule has 1 heterocycles. The van der Waals surface area contributed by atoms with Gasteiger partial charge in [0.2, 0.25) is 0 Å². The predicted octanol–water partition coefficient (Wildman–Crippen LogP) is 1.11. The Morgan fingerprint density at radius 3 is 2.76 bits per heavy atom. The number of ether oxygens (including phenoxy) is 1. The summed E-state index contributed by atoms with van der Waals surface area (Å²) < 4.78 is 27.8. The molecule has 1 atom stereocenters. The van der Waals surface area contributed by atoms with Crippen molar-refractivity contribution in [2.24, 2.45) is 0 Å². The first-order chi connectivity index (χ1) is 7.99. The van der Waals surface area contributed by atoms with Crippen LogP contribution in [0.3, 0.4) is 0 Å². The Hall–Kier alpha value is -0.130. The molecule has 1 aliphatic carbocycles. The first-order valence-electron chi connectivity index (χ1n) is 6.54. The molecule has 0 amide bonds. The van der Waals surface area contributed by atoms with E-state index in [0.717, 1.165) is 26.0 Å². The van der Waals surface area contributed by atoms with Gasteiger partial charge in [-0.1, -0.05) is 0 Å². The summed E-state index contributed by atoms with van der Waals surface area (Å²) in [6.45, 7) is 1.65. The molecule has 0 bridgehead atoms. The van der Waals surface area contributed by atoms with E-state index < -0.39 is 9.84 Å². The van der Waals surface area contributed by atoms with E-state index >= 15 is 0 Å². The lowest BCUT2D eigenvalue weighted by atomic mass is 9.74.